The van der Waals surface area contributed by atoms with Crippen LogP contribution in [-0.4, -0.2) is 23.5 Å². The van der Waals surface area contributed by atoms with E-state index >= 15 is 0 Å². The van der Waals surface area contributed by atoms with Crippen molar-refractivity contribution >= 4 is 28.3 Å². The summed E-state index contributed by atoms with van der Waals surface area (Å²) in [6, 6.07) is 4.60. The Morgan fingerprint density at radius 2 is 2.07 bits per heavy atom. The van der Waals surface area contributed by atoms with Crippen molar-refractivity contribution in [2.24, 2.45) is 5.92 Å². The number of esters is 1. The molecular formula is C18H17F3N2O3S. The molecule has 3 rings (SSSR count). The lowest BCUT2D eigenvalue weighted by atomic mass is 9.91. The maximum absolute atomic E-state index is 13.1. The highest BCUT2D eigenvalue weighted by atomic mass is 32.1. The van der Waals surface area contributed by atoms with E-state index < -0.39 is 23.2 Å². The van der Waals surface area contributed by atoms with Gasteiger partial charge in [-0.2, -0.15) is 13.2 Å². The topological polar surface area (TPSA) is 68.3 Å². The lowest BCUT2D eigenvalue weighted by Gasteiger charge is -2.18. The van der Waals surface area contributed by atoms with Crippen LogP contribution >= 0.6 is 11.3 Å². The van der Waals surface area contributed by atoms with E-state index in [-0.39, 0.29) is 17.0 Å². The van der Waals surface area contributed by atoms with Crippen LogP contribution in [0.25, 0.3) is 0 Å². The fourth-order valence-electron chi connectivity index (χ4n) is 2.98. The molecule has 1 atom stereocenters. The number of fused-ring (bicyclic) bond motifs is 1. The van der Waals surface area contributed by atoms with Gasteiger partial charge in [-0.15, -0.1) is 11.3 Å². The molecule has 1 aromatic carbocycles. The molecule has 0 radical (unpaired) electrons. The maximum atomic E-state index is 13.1. The van der Waals surface area contributed by atoms with Crippen molar-refractivity contribution in [3.63, 3.8) is 0 Å². The monoisotopic (exact) mass is 398 g/mol. The van der Waals surface area contributed by atoms with Crippen LogP contribution in [-0.2, 0) is 28.5 Å². The van der Waals surface area contributed by atoms with Gasteiger partial charge in [0.2, 0.25) is 0 Å². The van der Waals surface area contributed by atoms with E-state index in [1.54, 1.807) is 6.92 Å². The van der Waals surface area contributed by atoms with E-state index in [4.69, 9.17) is 4.74 Å². The van der Waals surface area contributed by atoms with Crippen LogP contribution < -0.4 is 5.32 Å². The summed E-state index contributed by atoms with van der Waals surface area (Å²) in [5.41, 5.74) is -0.686. The van der Waals surface area contributed by atoms with Gasteiger partial charge >= 0.3 is 12.1 Å². The van der Waals surface area contributed by atoms with Crippen molar-refractivity contribution in [3.05, 3.63) is 46.0 Å². The predicted molar refractivity (Wildman–Crippen MR) is 93.7 cm³/mol. The van der Waals surface area contributed by atoms with Gasteiger partial charge in [-0.1, -0.05) is 12.1 Å². The Bertz CT molecular complexity index is 864. The number of hydrogen-bond donors (Lipinski definition) is 1. The van der Waals surface area contributed by atoms with Crippen molar-refractivity contribution in [1.82, 2.24) is 4.98 Å². The number of thiazole rings is 1. The third-order valence-corrected chi connectivity index (χ3v) is 5.29. The van der Waals surface area contributed by atoms with Gasteiger partial charge in [0.05, 0.1) is 29.3 Å². The fourth-order valence-corrected chi connectivity index (χ4v) is 4.07. The number of aryl methyl sites for hydroxylation is 1. The Labute approximate surface area is 157 Å². The van der Waals surface area contributed by atoms with Crippen LogP contribution in [0.5, 0.6) is 0 Å². The molecule has 1 aliphatic carbocycles. The minimum atomic E-state index is -4.62. The third kappa shape index (κ3) is 4.29. The van der Waals surface area contributed by atoms with E-state index in [2.05, 4.69) is 10.3 Å². The van der Waals surface area contributed by atoms with Crippen LogP contribution in [0.2, 0.25) is 0 Å². The Morgan fingerprint density at radius 3 is 2.78 bits per heavy atom. The van der Waals surface area contributed by atoms with Gasteiger partial charge in [0.1, 0.15) is 0 Å². The van der Waals surface area contributed by atoms with Crippen molar-refractivity contribution in [3.8, 4) is 0 Å². The molecule has 1 aliphatic rings. The summed E-state index contributed by atoms with van der Waals surface area (Å²) >= 11 is 1.18. The molecule has 2 aromatic rings. The molecule has 0 saturated heterocycles. The van der Waals surface area contributed by atoms with E-state index in [0.717, 1.165) is 22.7 Å². The lowest BCUT2D eigenvalue weighted by molar-refractivity contribution is -0.148. The molecule has 27 heavy (non-hydrogen) atoms. The van der Waals surface area contributed by atoms with Crippen molar-refractivity contribution in [2.45, 2.75) is 32.4 Å². The Balaban J connectivity index is 1.76. The molecule has 1 aromatic heterocycles. The van der Waals surface area contributed by atoms with Crippen molar-refractivity contribution < 1.29 is 27.5 Å². The number of carbonyl (C=O) groups excluding carboxylic acids is 2. The van der Waals surface area contributed by atoms with Gasteiger partial charge in [-0.05, 0) is 38.3 Å². The average Bonchev–Trinajstić information content (AvgIpc) is 3.02. The maximum Gasteiger partial charge on any atom is 0.417 e. The summed E-state index contributed by atoms with van der Waals surface area (Å²) in [6.45, 7) is 2.05. The molecule has 1 N–H and O–H groups in total. The Hall–Kier alpha value is -2.42. The molecule has 0 bridgehead atoms. The number of halogens is 3. The summed E-state index contributed by atoms with van der Waals surface area (Å²) in [4.78, 5) is 29.4. The second-order valence-corrected chi connectivity index (χ2v) is 7.16. The molecule has 5 nitrogen and oxygen atoms in total. The molecular weight excluding hydrogens is 381 g/mol. The zero-order chi connectivity index (χ0) is 19.6. The number of benzene rings is 1. The van der Waals surface area contributed by atoms with Crippen LogP contribution in [0.15, 0.2) is 24.3 Å². The number of carbonyl (C=O) groups is 2. The Kier molecular flexibility index (Phi) is 5.50. The van der Waals surface area contributed by atoms with Crippen LogP contribution in [0.3, 0.4) is 0 Å². The fraction of sp³-hybridized carbons (Fsp3) is 0.389. The number of hydrogen-bond acceptors (Lipinski definition) is 5. The highest BCUT2D eigenvalue weighted by molar-refractivity contribution is 7.15. The first-order valence-corrected chi connectivity index (χ1v) is 9.24. The molecule has 1 heterocycles. The molecule has 0 aliphatic heterocycles. The van der Waals surface area contributed by atoms with Gasteiger partial charge in [-0.3, -0.25) is 14.9 Å². The summed E-state index contributed by atoms with van der Waals surface area (Å²) < 4.78 is 44.3. The summed E-state index contributed by atoms with van der Waals surface area (Å²) in [5.74, 6) is -1.38. The number of amides is 1. The first kappa shape index (κ1) is 19.3. The van der Waals surface area contributed by atoms with Gasteiger partial charge in [-0.25, -0.2) is 4.98 Å². The van der Waals surface area contributed by atoms with Crippen molar-refractivity contribution in [2.75, 3.05) is 11.9 Å². The molecule has 1 amide bonds. The standard InChI is InChI=1S/C18H17F3N2O3S/c1-2-26-16(25)10-7-8-13-14(9-10)27-17(22-13)23-15(24)11-5-3-4-6-12(11)18(19,20)21/h3-6,10H,2,7-9H2,1H3,(H,22,23,24). The molecule has 144 valence electrons. The van der Waals surface area contributed by atoms with E-state index in [1.807, 2.05) is 0 Å². The lowest BCUT2D eigenvalue weighted by Crippen LogP contribution is -2.24. The van der Waals surface area contributed by atoms with E-state index in [1.165, 1.54) is 23.5 Å². The van der Waals surface area contributed by atoms with Crippen molar-refractivity contribution in [1.29, 1.82) is 0 Å². The number of rotatable bonds is 4. The summed E-state index contributed by atoms with van der Waals surface area (Å²) in [6.07, 6.45) is -3.01. The first-order valence-electron chi connectivity index (χ1n) is 8.42. The number of nitrogens with one attached hydrogen (secondary N) is 1. The first-order chi connectivity index (χ1) is 12.8. The third-order valence-electron chi connectivity index (χ3n) is 4.26. The molecule has 0 saturated carbocycles. The minimum absolute atomic E-state index is 0.228. The van der Waals surface area contributed by atoms with E-state index in [0.29, 0.717) is 25.9 Å². The highest BCUT2D eigenvalue weighted by Crippen LogP contribution is 2.35. The van der Waals surface area contributed by atoms with Gasteiger partial charge in [0, 0.05) is 4.88 Å². The van der Waals surface area contributed by atoms with Gasteiger partial charge in [0.25, 0.3) is 5.91 Å². The quantitative estimate of drug-likeness (QED) is 0.788. The molecule has 1 unspecified atom stereocenters. The minimum Gasteiger partial charge on any atom is -0.466 e. The van der Waals surface area contributed by atoms with Crippen LogP contribution in [0.4, 0.5) is 18.3 Å². The van der Waals surface area contributed by atoms with Gasteiger partial charge < -0.3 is 4.74 Å². The summed E-state index contributed by atoms with van der Waals surface area (Å²) in [7, 11) is 0. The summed E-state index contributed by atoms with van der Waals surface area (Å²) in [5, 5.41) is 2.68. The number of nitrogens with zero attached hydrogens (tertiary/aromatic N) is 1. The van der Waals surface area contributed by atoms with Crippen LogP contribution in [0.1, 0.15) is 39.8 Å². The SMILES string of the molecule is CCOC(=O)C1CCc2nc(NC(=O)c3ccccc3C(F)(F)F)sc2C1. The number of anilines is 1. The molecule has 0 spiro atoms. The van der Waals surface area contributed by atoms with Gasteiger partial charge in [0.15, 0.2) is 5.13 Å². The predicted octanol–water partition coefficient (Wildman–Crippen LogP) is 4.08. The zero-order valence-electron chi connectivity index (χ0n) is 14.4. The molecule has 0 fully saturated rings. The zero-order valence-corrected chi connectivity index (χ0v) is 15.2. The van der Waals surface area contributed by atoms with Crippen LogP contribution in [0, 0.1) is 5.92 Å². The second-order valence-electron chi connectivity index (χ2n) is 6.08. The molecule has 9 heteroatoms. The average molecular weight is 398 g/mol. The smallest absolute Gasteiger partial charge is 0.417 e. The Morgan fingerprint density at radius 1 is 1.33 bits per heavy atom. The number of aromatic nitrogens is 1. The largest absolute Gasteiger partial charge is 0.466 e. The number of ether oxygens (including phenoxy) is 1. The number of alkyl halides is 3. The normalized spacial score (nSPS) is 16.5. The second kappa shape index (κ2) is 7.67. The highest BCUT2D eigenvalue weighted by Gasteiger charge is 2.35. The van der Waals surface area contributed by atoms with E-state index in [9.17, 15) is 22.8 Å².